The Morgan fingerprint density at radius 1 is 1.29 bits per heavy atom. The van der Waals surface area contributed by atoms with E-state index in [-0.39, 0.29) is 11.7 Å². The van der Waals surface area contributed by atoms with Crippen molar-refractivity contribution in [3.63, 3.8) is 0 Å². The van der Waals surface area contributed by atoms with Gasteiger partial charge in [-0.3, -0.25) is 0 Å². The fourth-order valence-corrected chi connectivity index (χ4v) is 2.91. The third kappa shape index (κ3) is 5.68. The van der Waals surface area contributed by atoms with Gasteiger partial charge in [-0.15, -0.1) is 0 Å². The molecule has 0 spiro atoms. The van der Waals surface area contributed by atoms with Gasteiger partial charge in [-0.2, -0.15) is 0 Å². The molecular formula is C18H29NO2. The van der Waals surface area contributed by atoms with Gasteiger partial charge in [0, 0.05) is 13.2 Å². The lowest BCUT2D eigenvalue weighted by Crippen LogP contribution is -2.37. The van der Waals surface area contributed by atoms with E-state index in [0.29, 0.717) is 0 Å². The molecule has 3 heteroatoms. The molecule has 0 saturated carbocycles. The van der Waals surface area contributed by atoms with Crippen LogP contribution in [0, 0.1) is 5.92 Å². The first-order valence-electron chi connectivity index (χ1n) is 8.05. The molecule has 1 fully saturated rings. The van der Waals surface area contributed by atoms with Crippen molar-refractivity contribution >= 4 is 0 Å². The van der Waals surface area contributed by atoms with Gasteiger partial charge in [-0.05, 0) is 70.7 Å². The molecule has 2 rings (SSSR count). The van der Waals surface area contributed by atoms with E-state index >= 15 is 0 Å². The van der Waals surface area contributed by atoms with Crippen molar-refractivity contribution in [2.24, 2.45) is 5.92 Å². The fraction of sp³-hybridized carbons (Fsp3) is 0.667. The van der Waals surface area contributed by atoms with Gasteiger partial charge in [0.15, 0.2) is 0 Å². The Morgan fingerprint density at radius 2 is 2.00 bits per heavy atom. The largest absolute Gasteiger partial charge is 0.491 e. The average Bonchev–Trinajstić information content (AvgIpc) is 2.39. The van der Waals surface area contributed by atoms with Crippen molar-refractivity contribution < 1.29 is 9.47 Å². The molecular weight excluding hydrogens is 262 g/mol. The zero-order valence-electron chi connectivity index (χ0n) is 13.8. The summed E-state index contributed by atoms with van der Waals surface area (Å²) >= 11 is 0. The zero-order valence-corrected chi connectivity index (χ0v) is 13.8. The molecule has 1 unspecified atom stereocenters. The van der Waals surface area contributed by atoms with E-state index in [1.165, 1.54) is 5.56 Å². The van der Waals surface area contributed by atoms with Crippen LogP contribution in [0.5, 0.6) is 5.75 Å². The molecule has 1 aromatic rings. The predicted molar refractivity (Wildman–Crippen MR) is 86.7 cm³/mol. The molecule has 0 amide bonds. The highest BCUT2D eigenvalue weighted by atomic mass is 16.5. The molecule has 1 aromatic carbocycles. The van der Waals surface area contributed by atoms with Crippen molar-refractivity contribution in [3.05, 3.63) is 29.8 Å². The molecule has 118 valence electrons. The molecule has 1 aliphatic rings. The quantitative estimate of drug-likeness (QED) is 0.865. The number of ether oxygens (including phenoxy) is 2. The van der Waals surface area contributed by atoms with Crippen molar-refractivity contribution in [1.82, 2.24) is 5.32 Å². The van der Waals surface area contributed by atoms with Crippen molar-refractivity contribution in [2.75, 3.05) is 13.2 Å². The molecule has 1 saturated heterocycles. The number of benzene rings is 1. The third-order valence-electron chi connectivity index (χ3n) is 3.86. The van der Waals surface area contributed by atoms with E-state index in [0.717, 1.165) is 44.2 Å². The molecule has 1 atom stereocenters. The van der Waals surface area contributed by atoms with Gasteiger partial charge in [-0.1, -0.05) is 12.1 Å². The Morgan fingerprint density at radius 3 is 2.62 bits per heavy atom. The van der Waals surface area contributed by atoms with E-state index in [1.807, 2.05) is 13.8 Å². The van der Waals surface area contributed by atoms with Gasteiger partial charge in [-0.25, -0.2) is 0 Å². The van der Waals surface area contributed by atoms with Gasteiger partial charge in [0.2, 0.25) is 0 Å². The van der Waals surface area contributed by atoms with Crippen LogP contribution < -0.4 is 10.1 Å². The van der Waals surface area contributed by atoms with Crippen LogP contribution in [0.1, 0.15) is 46.1 Å². The summed E-state index contributed by atoms with van der Waals surface area (Å²) < 4.78 is 11.4. The van der Waals surface area contributed by atoms with E-state index in [2.05, 4.69) is 43.4 Å². The highest BCUT2D eigenvalue weighted by Crippen LogP contribution is 2.28. The Labute approximate surface area is 129 Å². The Hall–Kier alpha value is -1.06. The minimum atomic E-state index is 0.0421. The van der Waals surface area contributed by atoms with E-state index < -0.39 is 0 Å². The van der Waals surface area contributed by atoms with Gasteiger partial charge in [0.1, 0.15) is 5.75 Å². The maximum absolute atomic E-state index is 5.76. The number of rotatable bonds is 6. The van der Waals surface area contributed by atoms with Crippen LogP contribution in [0.15, 0.2) is 24.3 Å². The molecule has 0 aromatic heterocycles. The standard InChI is InChI=1S/C18H29NO2/c1-14(2)21-17-7-5-15(6-8-17)12-19-13-16-9-10-20-18(3,4)11-16/h5-8,14,16,19H,9-13H2,1-4H3. The van der Waals surface area contributed by atoms with Crippen LogP contribution in [0.3, 0.4) is 0 Å². The van der Waals surface area contributed by atoms with E-state index in [4.69, 9.17) is 9.47 Å². The number of hydrogen-bond donors (Lipinski definition) is 1. The summed E-state index contributed by atoms with van der Waals surface area (Å²) in [5.41, 5.74) is 1.35. The maximum atomic E-state index is 5.76. The lowest BCUT2D eigenvalue weighted by molar-refractivity contribution is -0.0718. The summed E-state index contributed by atoms with van der Waals surface area (Å²) in [7, 11) is 0. The summed E-state index contributed by atoms with van der Waals surface area (Å²) in [6.45, 7) is 11.3. The summed E-state index contributed by atoms with van der Waals surface area (Å²) in [6, 6.07) is 8.38. The maximum Gasteiger partial charge on any atom is 0.119 e. The first kappa shape index (κ1) is 16.3. The van der Waals surface area contributed by atoms with Crippen LogP contribution in [-0.4, -0.2) is 24.9 Å². The lowest BCUT2D eigenvalue weighted by atomic mass is 9.88. The lowest BCUT2D eigenvalue weighted by Gasteiger charge is -2.35. The van der Waals surface area contributed by atoms with Crippen LogP contribution >= 0.6 is 0 Å². The molecule has 1 heterocycles. The van der Waals surface area contributed by atoms with Crippen LogP contribution in [-0.2, 0) is 11.3 Å². The smallest absolute Gasteiger partial charge is 0.119 e. The monoisotopic (exact) mass is 291 g/mol. The second-order valence-corrected chi connectivity index (χ2v) is 6.91. The van der Waals surface area contributed by atoms with Crippen molar-refractivity contribution in [1.29, 1.82) is 0 Å². The van der Waals surface area contributed by atoms with Crippen molar-refractivity contribution in [3.8, 4) is 5.75 Å². The van der Waals surface area contributed by atoms with Gasteiger partial charge >= 0.3 is 0 Å². The average molecular weight is 291 g/mol. The number of hydrogen-bond acceptors (Lipinski definition) is 3. The Kier molecular flexibility index (Phi) is 5.65. The topological polar surface area (TPSA) is 30.5 Å². The summed E-state index contributed by atoms with van der Waals surface area (Å²) in [5, 5.41) is 3.57. The fourth-order valence-electron chi connectivity index (χ4n) is 2.91. The molecule has 0 radical (unpaired) electrons. The third-order valence-corrected chi connectivity index (χ3v) is 3.86. The minimum absolute atomic E-state index is 0.0421. The first-order valence-corrected chi connectivity index (χ1v) is 8.05. The highest BCUT2D eigenvalue weighted by Gasteiger charge is 2.28. The molecule has 3 nitrogen and oxygen atoms in total. The van der Waals surface area contributed by atoms with E-state index in [1.54, 1.807) is 0 Å². The van der Waals surface area contributed by atoms with Gasteiger partial charge < -0.3 is 14.8 Å². The summed E-state index contributed by atoms with van der Waals surface area (Å²) in [4.78, 5) is 0. The van der Waals surface area contributed by atoms with Gasteiger partial charge in [0.05, 0.1) is 11.7 Å². The SMILES string of the molecule is CC(C)Oc1ccc(CNCC2CCOC(C)(C)C2)cc1. The second-order valence-electron chi connectivity index (χ2n) is 6.91. The second kappa shape index (κ2) is 7.28. The molecule has 0 bridgehead atoms. The Bertz CT molecular complexity index is 425. The number of nitrogens with one attached hydrogen (secondary N) is 1. The van der Waals surface area contributed by atoms with Crippen LogP contribution in [0.2, 0.25) is 0 Å². The first-order chi connectivity index (χ1) is 9.94. The molecule has 1 aliphatic heterocycles. The molecule has 1 N–H and O–H groups in total. The molecule has 0 aliphatic carbocycles. The minimum Gasteiger partial charge on any atom is -0.491 e. The Balaban J connectivity index is 1.73. The summed E-state index contributed by atoms with van der Waals surface area (Å²) in [5.74, 6) is 1.66. The molecule has 21 heavy (non-hydrogen) atoms. The van der Waals surface area contributed by atoms with Gasteiger partial charge in [0.25, 0.3) is 0 Å². The normalized spacial score (nSPS) is 21.5. The van der Waals surface area contributed by atoms with Crippen LogP contribution in [0.25, 0.3) is 0 Å². The van der Waals surface area contributed by atoms with Crippen molar-refractivity contribution in [2.45, 2.75) is 58.8 Å². The van der Waals surface area contributed by atoms with Crippen LogP contribution in [0.4, 0.5) is 0 Å². The zero-order chi connectivity index (χ0) is 15.3. The highest BCUT2D eigenvalue weighted by molar-refractivity contribution is 5.27. The van der Waals surface area contributed by atoms with E-state index in [9.17, 15) is 0 Å². The predicted octanol–water partition coefficient (Wildman–Crippen LogP) is 3.77. The summed E-state index contributed by atoms with van der Waals surface area (Å²) in [6.07, 6.45) is 2.53.